The molecule has 0 aliphatic carbocycles. The third-order valence-corrected chi connectivity index (χ3v) is 6.33. The zero-order chi connectivity index (χ0) is 29.1. The number of nitrogens with zero attached hydrogens (tertiary/aromatic N) is 1. The average Bonchev–Trinajstić information content (AvgIpc) is 2.80. The van der Waals surface area contributed by atoms with E-state index in [1.54, 1.807) is 0 Å². The van der Waals surface area contributed by atoms with Crippen molar-refractivity contribution >= 4 is 7.82 Å². The van der Waals surface area contributed by atoms with E-state index in [2.05, 4.69) is 6.92 Å². The van der Waals surface area contributed by atoms with Gasteiger partial charge < -0.3 is 28.3 Å². The van der Waals surface area contributed by atoms with Gasteiger partial charge in [-0.15, -0.1) is 0 Å². The number of unbranched alkanes of at least 4 members (excludes halogenated alkanes) is 10. The lowest BCUT2D eigenvalue weighted by Crippen LogP contribution is -2.37. The molecule has 0 saturated carbocycles. The Labute approximate surface area is 216 Å². The lowest BCUT2D eigenvalue weighted by molar-refractivity contribution is -0.870. The van der Waals surface area contributed by atoms with E-state index in [1.165, 1.54) is 19.3 Å². The highest BCUT2D eigenvalue weighted by Gasteiger charge is 2.15. The van der Waals surface area contributed by atoms with Gasteiger partial charge in [-0.1, -0.05) is 103 Å². The van der Waals surface area contributed by atoms with E-state index in [0.717, 1.165) is 51.4 Å². The lowest BCUT2D eigenvalue weighted by atomic mass is 10.0. The molecule has 206 valence electrons. The molecule has 0 heterocycles. The molecule has 2 atom stereocenters. The number of ether oxygens (including phenoxy) is 1. The number of phosphoric acid groups is 1. The molecule has 1 N–H and O–H groups in total. The Balaban J connectivity index is 3.79. The van der Waals surface area contributed by atoms with E-state index in [4.69, 9.17) is 19.3 Å². The predicted octanol–water partition coefficient (Wildman–Crippen LogP) is 5.83. The molecular formula is C26H56NO6P. The monoisotopic (exact) mass is 513 g/mol. The number of aliphatic hydroxyl groups excluding tert-OH is 1. The Bertz CT molecular complexity index is 637. The van der Waals surface area contributed by atoms with Crippen molar-refractivity contribution in [3.8, 4) is 0 Å². The Morgan fingerprint density at radius 1 is 0.794 bits per heavy atom. The first kappa shape index (κ1) is 27.0. The average molecular weight is 514 g/mol. The third kappa shape index (κ3) is 26.6. The highest BCUT2D eigenvalue weighted by atomic mass is 31.2. The van der Waals surface area contributed by atoms with Gasteiger partial charge in [-0.05, 0) is 6.42 Å². The summed E-state index contributed by atoms with van der Waals surface area (Å²) in [4.78, 5) is 11.7. The third-order valence-electron chi connectivity index (χ3n) is 5.37. The maximum Gasteiger partial charge on any atom is 0.268 e. The summed E-state index contributed by atoms with van der Waals surface area (Å²) in [5, 5.41) is 9.86. The molecule has 0 rings (SSSR count). The van der Waals surface area contributed by atoms with Crippen LogP contribution < -0.4 is 4.89 Å². The van der Waals surface area contributed by atoms with Crippen molar-refractivity contribution in [2.24, 2.45) is 0 Å². The molecule has 1 unspecified atom stereocenters. The Kier molecular flexibility index (Phi) is 17.7. The van der Waals surface area contributed by atoms with E-state index in [0.29, 0.717) is 24.1 Å². The second kappa shape index (κ2) is 22.2. The molecule has 0 amide bonds. The zero-order valence-electron chi connectivity index (χ0n) is 26.4. The maximum absolute atomic E-state index is 11.7. The number of rotatable bonds is 26. The molecule has 0 aliphatic rings. The van der Waals surface area contributed by atoms with Gasteiger partial charge in [-0.2, -0.15) is 0 Å². The van der Waals surface area contributed by atoms with Gasteiger partial charge in [-0.25, -0.2) is 0 Å². The smallest absolute Gasteiger partial charge is 0.268 e. The molecule has 8 heteroatoms. The van der Waals surface area contributed by atoms with Gasteiger partial charge >= 0.3 is 0 Å². The van der Waals surface area contributed by atoms with Crippen LogP contribution in [-0.2, 0) is 18.3 Å². The fourth-order valence-corrected chi connectivity index (χ4v) is 3.94. The first-order valence-corrected chi connectivity index (χ1v) is 14.7. The number of hydrogen-bond donors (Lipinski definition) is 1. The SMILES string of the molecule is [2H]C([2H])(CCCCCCCC)C([2H])([2H])CCCCCCCCOC[C@@H](O)COP(=O)([O-])OCC[N+](C)(C)C. The first-order chi connectivity index (χ1) is 17.6. The molecule has 0 aliphatic heterocycles. The molecule has 0 aromatic carbocycles. The number of likely N-dealkylation sites (N-methyl/N-ethyl adjacent to an activating group) is 1. The van der Waals surface area contributed by atoms with Gasteiger partial charge in [0.1, 0.15) is 19.3 Å². The second-order valence-electron chi connectivity index (χ2n) is 10.1. The van der Waals surface area contributed by atoms with Crippen molar-refractivity contribution in [3.63, 3.8) is 0 Å². The van der Waals surface area contributed by atoms with Gasteiger partial charge in [0.15, 0.2) is 0 Å². The van der Waals surface area contributed by atoms with Crippen LogP contribution in [0.5, 0.6) is 0 Å². The van der Waals surface area contributed by atoms with Crippen molar-refractivity contribution in [1.29, 1.82) is 0 Å². The normalized spacial score (nSPS) is 17.5. The minimum Gasteiger partial charge on any atom is -0.756 e. The highest BCUT2D eigenvalue weighted by Crippen LogP contribution is 2.38. The van der Waals surface area contributed by atoms with Crippen molar-refractivity contribution in [2.45, 2.75) is 116 Å². The van der Waals surface area contributed by atoms with Crippen LogP contribution in [0.4, 0.5) is 0 Å². The molecular weight excluding hydrogens is 453 g/mol. The predicted molar refractivity (Wildman–Crippen MR) is 139 cm³/mol. The van der Waals surface area contributed by atoms with Gasteiger partial charge in [0.25, 0.3) is 7.82 Å². The lowest BCUT2D eigenvalue weighted by Gasteiger charge is -2.27. The molecule has 7 nitrogen and oxygen atoms in total. The summed E-state index contributed by atoms with van der Waals surface area (Å²) in [6.45, 7) is 2.71. The molecule has 0 spiro atoms. The van der Waals surface area contributed by atoms with E-state index in [-0.39, 0.29) is 26.1 Å². The molecule has 34 heavy (non-hydrogen) atoms. The van der Waals surface area contributed by atoms with E-state index >= 15 is 0 Å². The quantitative estimate of drug-likeness (QED) is 0.0889. The molecule has 0 aromatic heterocycles. The summed E-state index contributed by atoms with van der Waals surface area (Å²) >= 11 is 0. The minimum atomic E-state index is -4.45. The summed E-state index contributed by atoms with van der Waals surface area (Å²) < 4.78 is 60.0. The summed E-state index contributed by atoms with van der Waals surface area (Å²) in [6.07, 6.45) is 7.51. The number of quaternary nitrogens is 1. The Morgan fingerprint density at radius 2 is 1.29 bits per heavy atom. The fourth-order valence-electron chi connectivity index (χ4n) is 3.20. The summed E-state index contributed by atoms with van der Waals surface area (Å²) in [7, 11) is 1.31. The maximum atomic E-state index is 11.7. The Hall–Kier alpha value is -0.0100. The Morgan fingerprint density at radius 3 is 1.82 bits per heavy atom. The van der Waals surface area contributed by atoms with Crippen LogP contribution in [0.25, 0.3) is 0 Å². The molecule has 0 radical (unpaired) electrons. The summed E-state index contributed by atoms with van der Waals surface area (Å²) in [6, 6.07) is 0. The standard InChI is InChI=1S/C26H56NO6P/c1-5-6-7-8-9-10-11-12-13-14-15-16-17-18-19-20-22-31-24-26(28)25-33-34(29,30)32-23-21-27(2,3)4/h26,28H,5-25H2,1-4H3/t26-/m1/s1/i12D2,13D2. The van der Waals surface area contributed by atoms with E-state index in [1.807, 2.05) is 21.1 Å². The number of phosphoric ester groups is 1. The van der Waals surface area contributed by atoms with Crippen LogP contribution in [0.2, 0.25) is 0 Å². The van der Waals surface area contributed by atoms with Crippen molar-refractivity contribution in [3.05, 3.63) is 0 Å². The van der Waals surface area contributed by atoms with Crippen LogP contribution in [0.15, 0.2) is 0 Å². The number of aliphatic hydroxyl groups is 1. The van der Waals surface area contributed by atoms with Gasteiger partial charge in [-0.3, -0.25) is 4.57 Å². The highest BCUT2D eigenvalue weighted by molar-refractivity contribution is 7.45. The molecule has 0 aromatic rings. The van der Waals surface area contributed by atoms with Gasteiger partial charge in [0.05, 0.1) is 34.4 Å². The van der Waals surface area contributed by atoms with Gasteiger partial charge in [0, 0.05) is 12.1 Å². The molecule has 0 bridgehead atoms. The minimum absolute atomic E-state index is 0.0124. The van der Waals surface area contributed by atoms with Crippen molar-refractivity contribution < 1.29 is 38.3 Å². The van der Waals surface area contributed by atoms with Crippen molar-refractivity contribution in [1.82, 2.24) is 0 Å². The van der Waals surface area contributed by atoms with E-state index in [9.17, 15) is 14.6 Å². The van der Waals surface area contributed by atoms with Crippen LogP contribution in [0.3, 0.4) is 0 Å². The summed E-state index contributed by atoms with van der Waals surface area (Å²) in [5.41, 5.74) is 0. The largest absolute Gasteiger partial charge is 0.756 e. The van der Waals surface area contributed by atoms with Crippen molar-refractivity contribution in [2.75, 3.05) is 54.1 Å². The molecule has 0 fully saturated rings. The first-order valence-electron chi connectivity index (χ1n) is 15.3. The topological polar surface area (TPSA) is 88.0 Å². The number of hydrogen-bond acceptors (Lipinski definition) is 6. The second-order valence-corrected chi connectivity index (χ2v) is 11.5. The van der Waals surface area contributed by atoms with Crippen LogP contribution >= 0.6 is 7.82 Å². The van der Waals surface area contributed by atoms with E-state index < -0.39 is 33.3 Å². The van der Waals surface area contributed by atoms with Crippen LogP contribution in [-0.4, -0.2) is 69.8 Å². The zero-order valence-corrected chi connectivity index (χ0v) is 23.3. The molecule has 0 saturated heterocycles. The van der Waals surface area contributed by atoms with Crippen LogP contribution in [0.1, 0.15) is 115 Å². The van der Waals surface area contributed by atoms with Crippen LogP contribution in [0, 0.1) is 0 Å². The van der Waals surface area contributed by atoms with Gasteiger partial charge in [0.2, 0.25) is 0 Å². The summed E-state index contributed by atoms with van der Waals surface area (Å²) in [5.74, 6) is 0. The fraction of sp³-hybridized carbons (Fsp3) is 1.00.